The molecule has 6 aromatic carbocycles. The van der Waals surface area contributed by atoms with Crippen molar-refractivity contribution in [1.82, 2.24) is 19.9 Å². The molecule has 0 spiro atoms. The van der Waals surface area contributed by atoms with Crippen molar-refractivity contribution in [1.29, 1.82) is 0 Å². The van der Waals surface area contributed by atoms with Gasteiger partial charge < -0.3 is 8.83 Å². The molecule has 0 fully saturated rings. The molecule has 56 heavy (non-hydrogen) atoms. The number of hydrogen-bond acceptors (Lipinski definition) is 6. The Bertz CT molecular complexity index is 2940. The Morgan fingerprint density at radius 1 is 0.482 bits per heavy atom. The summed E-state index contributed by atoms with van der Waals surface area (Å²) in [5, 5.41) is 6.05. The molecule has 0 aliphatic rings. The quantitative estimate of drug-likeness (QED) is 0.164. The molecule has 0 aliphatic carbocycles. The summed E-state index contributed by atoms with van der Waals surface area (Å²) in [6.07, 6.45) is 3.80. The van der Waals surface area contributed by atoms with Gasteiger partial charge >= 0.3 is 21.1 Å². The van der Waals surface area contributed by atoms with Crippen molar-refractivity contribution in [3.05, 3.63) is 144 Å². The van der Waals surface area contributed by atoms with Gasteiger partial charge in [-0.2, -0.15) is 0 Å². The Balaban J connectivity index is 0.00000410. The van der Waals surface area contributed by atoms with E-state index in [9.17, 15) is 0 Å². The first-order valence-corrected chi connectivity index (χ1v) is 18.7. The van der Waals surface area contributed by atoms with Gasteiger partial charge in [0.15, 0.2) is 0 Å². The van der Waals surface area contributed by atoms with Gasteiger partial charge in [0.2, 0.25) is 0 Å². The molecule has 0 saturated carbocycles. The fourth-order valence-electron chi connectivity index (χ4n) is 7.82. The second-order valence-electron chi connectivity index (χ2n) is 16.6. The molecule has 4 heterocycles. The van der Waals surface area contributed by atoms with Crippen LogP contribution in [0.25, 0.3) is 88.2 Å². The summed E-state index contributed by atoms with van der Waals surface area (Å²) >= 11 is 0. The predicted molar refractivity (Wildman–Crippen MR) is 222 cm³/mol. The first kappa shape index (κ1) is 36.0. The van der Waals surface area contributed by atoms with Gasteiger partial charge in [0.05, 0.1) is 22.2 Å². The second-order valence-corrected chi connectivity index (χ2v) is 16.6. The fraction of sp³-hybridized carbons (Fsp3) is 0.184. The number of para-hydroxylation sites is 2. The van der Waals surface area contributed by atoms with Crippen LogP contribution >= 0.6 is 0 Å². The number of aromatic nitrogens is 4. The number of benzene rings is 6. The Morgan fingerprint density at radius 3 is 1.34 bits per heavy atom. The summed E-state index contributed by atoms with van der Waals surface area (Å²) in [5.41, 5.74) is 12.5. The molecular formula is C49H38N4O2Pt. The van der Waals surface area contributed by atoms with Crippen LogP contribution in [-0.2, 0) is 38.3 Å². The first-order valence-electron chi connectivity index (χ1n) is 18.7. The molecule has 0 aliphatic heterocycles. The summed E-state index contributed by atoms with van der Waals surface area (Å²) in [6.45, 7) is 13.3. The number of fused-ring (bicyclic) bond motifs is 8. The van der Waals surface area contributed by atoms with Crippen LogP contribution in [-0.4, -0.2) is 19.9 Å². The Kier molecular flexibility index (Phi) is 8.48. The van der Waals surface area contributed by atoms with Crippen LogP contribution in [0.5, 0.6) is 0 Å². The van der Waals surface area contributed by atoms with E-state index in [1.54, 1.807) is 12.7 Å². The van der Waals surface area contributed by atoms with Gasteiger partial charge in [-0.25, -0.2) is 9.97 Å². The van der Waals surface area contributed by atoms with E-state index in [1.807, 2.05) is 36.4 Å². The molecule has 0 radical (unpaired) electrons. The van der Waals surface area contributed by atoms with E-state index in [0.717, 1.165) is 99.3 Å². The molecule has 4 aromatic heterocycles. The van der Waals surface area contributed by atoms with Crippen LogP contribution in [0, 0.1) is 12.1 Å². The third-order valence-electron chi connectivity index (χ3n) is 10.8. The normalized spacial score (nSPS) is 12.4. The average Bonchev–Trinajstić information content (AvgIpc) is 3.74. The van der Waals surface area contributed by atoms with Crippen molar-refractivity contribution in [3.8, 4) is 22.5 Å². The SMILES string of the molecule is CC(C)(C)c1ccc2c(c1)oc1c(-c3ncnc4ccccc34)[c-]c(Cc3[c-]c(-c4ncnc5ccccc45)c4oc5cc(C(C)(C)C)ccc5c4c3)cc12.[Pt+2]. The van der Waals surface area contributed by atoms with Gasteiger partial charge in [-0.15, -0.1) is 35.4 Å². The topological polar surface area (TPSA) is 77.8 Å². The van der Waals surface area contributed by atoms with Gasteiger partial charge in [-0.05, 0) is 63.4 Å². The summed E-state index contributed by atoms with van der Waals surface area (Å²) in [5.74, 6) is 0. The number of furan rings is 2. The smallest absolute Gasteiger partial charge is 0.501 e. The molecule has 0 unspecified atom stereocenters. The van der Waals surface area contributed by atoms with E-state index in [-0.39, 0.29) is 31.9 Å². The van der Waals surface area contributed by atoms with Crippen LogP contribution in [0.1, 0.15) is 63.8 Å². The number of nitrogens with zero attached hydrogens (tertiary/aromatic N) is 4. The zero-order valence-electron chi connectivity index (χ0n) is 32.0. The minimum atomic E-state index is -0.0249. The van der Waals surface area contributed by atoms with Crippen LogP contribution in [0.2, 0.25) is 0 Å². The van der Waals surface area contributed by atoms with Crippen molar-refractivity contribution >= 4 is 65.7 Å². The standard InChI is InChI=1S/C49H38N4O2.Pt/c1-48(2,3)30-15-17-32-36-20-28(22-38(46(36)54-42(32)24-30)44-34-11-7-9-13-40(34)50-26-52-44)19-29-21-37-33-18-16-31(49(4,5)6)25-43(33)55-47(37)39(23-29)45-35-12-8-10-14-41(35)51-27-53-45;/h7-18,20-21,24-27H,19H2,1-6H3;/q-2;+2. The molecule has 10 rings (SSSR count). The third kappa shape index (κ3) is 5.99. The van der Waals surface area contributed by atoms with E-state index in [0.29, 0.717) is 6.42 Å². The largest absolute Gasteiger partial charge is 2.00 e. The van der Waals surface area contributed by atoms with Gasteiger partial charge in [0.1, 0.15) is 23.8 Å². The maximum absolute atomic E-state index is 6.75. The van der Waals surface area contributed by atoms with Crippen molar-refractivity contribution in [2.24, 2.45) is 0 Å². The van der Waals surface area contributed by atoms with Crippen molar-refractivity contribution in [3.63, 3.8) is 0 Å². The molecule has 6 nitrogen and oxygen atoms in total. The summed E-state index contributed by atoms with van der Waals surface area (Å²) in [4.78, 5) is 18.8. The molecule has 0 atom stereocenters. The van der Waals surface area contributed by atoms with Crippen molar-refractivity contribution < 1.29 is 29.9 Å². The first-order chi connectivity index (χ1) is 26.5. The maximum Gasteiger partial charge on any atom is 2.00 e. The summed E-state index contributed by atoms with van der Waals surface area (Å²) in [7, 11) is 0. The summed E-state index contributed by atoms with van der Waals surface area (Å²) in [6, 6.07) is 41.3. The van der Waals surface area contributed by atoms with Crippen molar-refractivity contribution in [2.75, 3.05) is 0 Å². The third-order valence-corrected chi connectivity index (χ3v) is 10.8. The van der Waals surface area contributed by atoms with Crippen molar-refractivity contribution in [2.45, 2.75) is 58.8 Å². The van der Waals surface area contributed by atoms with E-state index in [1.165, 1.54) is 11.1 Å². The number of hydrogen-bond donors (Lipinski definition) is 0. The Labute approximate surface area is 339 Å². The molecule has 10 aromatic rings. The monoisotopic (exact) mass is 909 g/mol. The van der Waals surface area contributed by atoms with E-state index < -0.39 is 0 Å². The van der Waals surface area contributed by atoms with Crippen LogP contribution in [0.15, 0.2) is 119 Å². The molecule has 7 heteroatoms. The molecule has 0 saturated heterocycles. The maximum atomic E-state index is 6.75. The van der Waals surface area contributed by atoms with Crippen LogP contribution in [0.4, 0.5) is 0 Å². The van der Waals surface area contributed by atoms with Gasteiger partial charge in [-0.1, -0.05) is 124 Å². The Morgan fingerprint density at radius 2 is 0.911 bits per heavy atom. The molecule has 276 valence electrons. The number of rotatable bonds is 4. The Hall–Kier alpha value is -5.71. The second kappa shape index (κ2) is 13.2. The van der Waals surface area contributed by atoms with Gasteiger partial charge in [0.25, 0.3) is 0 Å². The van der Waals surface area contributed by atoms with E-state index in [4.69, 9.17) is 18.8 Å². The zero-order valence-corrected chi connectivity index (χ0v) is 34.3. The van der Waals surface area contributed by atoms with Gasteiger partial charge in [-0.3, -0.25) is 9.97 Å². The predicted octanol–water partition coefficient (Wildman–Crippen LogP) is 12.5. The molecule has 0 N–H and O–H groups in total. The average molecular weight is 910 g/mol. The van der Waals surface area contributed by atoms with Crippen LogP contribution in [0.3, 0.4) is 0 Å². The minimum absolute atomic E-state index is 0. The molecule has 0 bridgehead atoms. The van der Waals surface area contributed by atoms with E-state index in [2.05, 4.69) is 124 Å². The fourth-order valence-corrected chi connectivity index (χ4v) is 7.82. The van der Waals surface area contributed by atoms with Gasteiger partial charge in [0, 0.05) is 22.2 Å². The van der Waals surface area contributed by atoms with E-state index >= 15 is 0 Å². The molecular weight excluding hydrogens is 872 g/mol. The minimum Gasteiger partial charge on any atom is -0.501 e. The molecule has 0 amide bonds. The zero-order chi connectivity index (χ0) is 37.6. The summed E-state index contributed by atoms with van der Waals surface area (Å²) < 4.78 is 13.5. The van der Waals surface area contributed by atoms with Crippen LogP contribution < -0.4 is 0 Å².